The van der Waals surface area contributed by atoms with Crippen molar-refractivity contribution in [2.75, 3.05) is 0 Å². The van der Waals surface area contributed by atoms with E-state index in [0.717, 1.165) is 21.4 Å². The van der Waals surface area contributed by atoms with Crippen LogP contribution in [0.5, 0.6) is 0 Å². The van der Waals surface area contributed by atoms with Crippen molar-refractivity contribution in [3.63, 3.8) is 0 Å². The van der Waals surface area contributed by atoms with Crippen LogP contribution in [0.3, 0.4) is 0 Å². The van der Waals surface area contributed by atoms with Crippen molar-refractivity contribution in [3.05, 3.63) is 49.7 Å². The molecule has 6 heteroatoms. The van der Waals surface area contributed by atoms with Gasteiger partial charge in [0.25, 0.3) is 0 Å². The van der Waals surface area contributed by atoms with Gasteiger partial charge in [-0.25, -0.2) is 0 Å². The smallest absolute Gasteiger partial charge is 0.0738 e. The lowest BCUT2D eigenvalue weighted by molar-refractivity contribution is 0.638. The zero-order chi connectivity index (χ0) is 14.2. The molecule has 2 rings (SSSR count). The van der Waals surface area contributed by atoms with E-state index >= 15 is 0 Å². The average molecular weight is 363 g/mol. The van der Waals surface area contributed by atoms with Gasteiger partial charge in [-0.2, -0.15) is 5.10 Å². The summed E-state index contributed by atoms with van der Waals surface area (Å²) in [6.07, 6.45) is 0.661. The first-order chi connectivity index (χ1) is 8.88. The summed E-state index contributed by atoms with van der Waals surface area (Å²) in [5.41, 5.74) is 9.16. The van der Waals surface area contributed by atoms with Crippen LogP contribution in [0.2, 0.25) is 10.0 Å². The normalized spacial score (nSPS) is 12.7. The number of nitrogens with zero attached hydrogens (tertiary/aromatic N) is 2. The van der Waals surface area contributed by atoms with E-state index in [1.165, 1.54) is 0 Å². The van der Waals surface area contributed by atoms with Gasteiger partial charge in [0.05, 0.1) is 15.9 Å². The topological polar surface area (TPSA) is 43.8 Å². The maximum absolute atomic E-state index is 6.23. The van der Waals surface area contributed by atoms with E-state index in [0.29, 0.717) is 16.5 Å². The quantitative estimate of drug-likeness (QED) is 0.895. The summed E-state index contributed by atoms with van der Waals surface area (Å²) in [7, 11) is 1.91. The molecule has 0 aliphatic rings. The van der Waals surface area contributed by atoms with E-state index in [1.54, 1.807) is 6.07 Å². The van der Waals surface area contributed by atoms with Gasteiger partial charge in [-0.3, -0.25) is 4.68 Å². The fourth-order valence-corrected chi connectivity index (χ4v) is 3.06. The molecule has 0 fully saturated rings. The van der Waals surface area contributed by atoms with Crippen LogP contribution in [0.4, 0.5) is 0 Å². The second-order valence-electron chi connectivity index (χ2n) is 4.48. The van der Waals surface area contributed by atoms with Crippen molar-refractivity contribution in [2.24, 2.45) is 12.8 Å². The van der Waals surface area contributed by atoms with Crippen molar-refractivity contribution in [1.82, 2.24) is 9.78 Å². The Hall–Kier alpha value is -0.550. The summed E-state index contributed by atoms with van der Waals surface area (Å²) in [5.74, 6) is 0. The Morgan fingerprint density at radius 3 is 2.37 bits per heavy atom. The Bertz CT molecular complexity index is 590. The monoisotopic (exact) mass is 361 g/mol. The molecule has 1 heterocycles. The van der Waals surface area contributed by atoms with Crippen LogP contribution in [0.25, 0.3) is 0 Å². The molecule has 0 bridgehead atoms. The lowest BCUT2D eigenvalue weighted by Gasteiger charge is -2.13. The van der Waals surface area contributed by atoms with Gasteiger partial charge in [-0.05, 0) is 46.6 Å². The highest BCUT2D eigenvalue weighted by atomic mass is 79.9. The highest BCUT2D eigenvalue weighted by Gasteiger charge is 2.16. The SMILES string of the molecule is Cc1nn(C)c(CC(N)c2cc(Cl)cc(Cl)c2)c1Br. The molecular weight excluding hydrogens is 349 g/mol. The predicted molar refractivity (Wildman–Crippen MR) is 82.7 cm³/mol. The van der Waals surface area contributed by atoms with Crippen molar-refractivity contribution in [2.45, 2.75) is 19.4 Å². The minimum atomic E-state index is -0.178. The molecule has 0 aliphatic carbocycles. The minimum absolute atomic E-state index is 0.178. The number of rotatable bonds is 3. The average Bonchev–Trinajstić information content (AvgIpc) is 2.54. The van der Waals surface area contributed by atoms with E-state index in [4.69, 9.17) is 28.9 Å². The molecule has 0 amide bonds. The van der Waals surface area contributed by atoms with Gasteiger partial charge in [0, 0.05) is 29.6 Å². The molecule has 1 aromatic heterocycles. The summed E-state index contributed by atoms with van der Waals surface area (Å²) in [6, 6.07) is 5.20. The largest absolute Gasteiger partial charge is 0.324 e. The standard InChI is InChI=1S/C13H14BrCl2N3/c1-7-13(14)12(19(2)18-7)6-11(17)8-3-9(15)5-10(16)4-8/h3-5,11H,6,17H2,1-2H3. The second kappa shape index (κ2) is 5.83. The van der Waals surface area contributed by atoms with E-state index in [2.05, 4.69) is 21.0 Å². The maximum Gasteiger partial charge on any atom is 0.0738 e. The molecule has 2 aromatic rings. The molecule has 1 atom stereocenters. The number of halogens is 3. The fourth-order valence-electron chi connectivity index (χ4n) is 2.02. The third-order valence-corrected chi connectivity index (χ3v) is 4.46. The first-order valence-electron chi connectivity index (χ1n) is 5.78. The highest BCUT2D eigenvalue weighted by molar-refractivity contribution is 9.10. The Morgan fingerprint density at radius 2 is 1.89 bits per heavy atom. The van der Waals surface area contributed by atoms with E-state index in [9.17, 15) is 0 Å². The van der Waals surface area contributed by atoms with Crippen LogP contribution >= 0.6 is 39.1 Å². The number of benzene rings is 1. The first-order valence-corrected chi connectivity index (χ1v) is 7.33. The number of nitrogens with two attached hydrogens (primary N) is 1. The summed E-state index contributed by atoms with van der Waals surface area (Å²) in [6.45, 7) is 1.95. The van der Waals surface area contributed by atoms with E-state index < -0.39 is 0 Å². The van der Waals surface area contributed by atoms with Gasteiger partial charge in [-0.1, -0.05) is 23.2 Å². The summed E-state index contributed by atoms with van der Waals surface area (Å²) < 4.78 is 2.84. The van der Waals surface area contributed by atoms with Crippen LogP contribution in [0, 0.1) is 6.92 Å². The molecule has 0 saturated carbocycles. The van der Waals surface area contributed by atoms with Crippen molar-refractivity contribution in [1.29, 1.82) is 0 Å². The predicted octanol–water partition coefficient (Wildman–Crippen LogP) is 4.04. The van der Waals surface area contributed by atoms with Gasteiger partial charge in [0.15, 0.2) is 0 Å². The molecule has 1 unspecified atom stereocenters. The molecule has 0 aliphatic heterocycles. The number of hydrogen-bond donors (Lipinski definition) is 1. The molecule has 102 valence electrons. The lowest BCUT2D eigenvalue weighted by Crippen LogP contribution is -2.15. The van der Waals surface area contributed by atoms with Crippen LogP contribution < -0.4 is 5.73 Å². The Morgan fingerprint density at radius 1 is 1.32 bits per heavy atom. The maximum atomic E-state index is 6.23. The van der Waals surface area contributed by atoms with Crippen molar-refractivity contribution in [3.8, 4) is 0 Å². The molecular formula is C13H14BrCl2N3. The first kappa shape index (κ1) is 14.9. The molecule has 1 aromatic carbocycles. The van der Waals surface area contributed by atoms with Crippen LogP contribution in [0.15, 0.2) is 22.7 Å². The van der Waals surface area contributed by atoms with E-state index in [1.807, 2.05) is 30.8 Å². The van der Waals surface area contributed by atoms with Gasteiger partial charge in [0.2, 0.25) is 0 Å². The number of aromatic nitrogens is 2. The fraction of sp³-hybridized carbons (Fsp3) is 0.308. The molecule has 0 radical (unpaired) electrons. The third-order valence-electron chi connectivity index (χ3n) is 2.99. The molecule has 3 nitrogen and oxygen atoms in total. The van der Waals surface area contributed by atoms with E-state index in [-0.39, 0.29) is 6.04 Å². The summed E-state index contributed by atoms with van der Waals surface area (Å²) in [5, 5.41) is 5.55. The molecule has 19 heavy (non-hydrogen) atoms. The van der Waals surface area contributed by atoms with Crippen LogP contribution in [0.1, 0.15) is 23.0 Å². The van der Waals surface area contributed by atoms with Gasteiger partial charge >= 0.3 is 0 Å². The zero-order valence-electron chi connectivity index (χ0n) is 10.6. The number of hydrogen-bond acceptors (Lipinski definition) is 2. The minimum Gasteiger partial charge on any atom is -0.324 e. The summed E-state index contributed by atoms with van der Waals surface area (Å²) >= 11 is 15.5. The van der Waals surface area contributed by atoms with Crippen LogP contribution in [-0.4, -0.2) is 9.78 Å². The highest BCUT2D eigenvalue weighted by Crippen LogP contribution is 2.27. The van der Waals surface area contributed by atoms with Gasteiger partial charge in [-0.15, -0.1) is 0 Å². The number of aryl methyl sites for hydroxylation is 2. The third kappa shape index (κ3) is 3.31. The van der Waals surface area contributed by atoms with Gasteiger partial charge < -0.3 is 5.73 Å². The Kier molecular flexibility index (Phi) is 4.56. The van der Waals surface area contributed by atoms with Crippen LogP contribution in [-0.2, 0) is 13.5 Å². The molecule has 0 spiro atoms. The Balaban J connectivity index is 2.27. The molecule has 0 saturated heterocycles. The Labute approximate surface area is 130 Å². The van der Waals surface area contributed by atoms with Crippen molar-refractivity contribution < 1.29 is 0 Å². The molecule has 2 N–H and O–H groups in total. The van der Waals surface area contributed by atoms with Gasteiger partial charge in [0.1, 0.15) is 0 Å². The van der Waals surface area contributed by atoms with Crippen molar-refractivity contribution >= 4 is 39.1 Å². The zero-order valence-corrected chi connectivity index (χ0v) is 13.7. The summed E-state index contributed by atoms with van der Waals surface area (Å²) in [4.78, 5) is 0. The lowest BCUT2D eigenvalue weighted by atomic mass is 10.0. The second-order valence-corrected chi connectivity index (χ2v) is 6.15.